The van der Waals surface area contributed by atoms with E-state index in [9.17, 15) is 26.3 Å². The number of nitrogens with two attached hydrogens (primary N) is 1. The van der Waals surface area contributed by atoms with Crippen molar-refractivity contribution in [3.05, 3.63) is 29.3 Å². The molecule has 0 radical (unpaired) electrons. The maximum absolute atomic E-state index is 13.6. The molecule has 0 heterocycles. The Bertz CT molecular complexity index is 1340. The fraction of sp³-hybridized carbons (Fsp3) is 0.857. The molecule has 0 aliphatic heterocycles. The van der Waals surface area contributed by atoms with E-state index in [-0.39, 0.29) is 35.7 Å². The zero-order chi connectivity index (χ0) is 41.9. The molecule has 6 atom stereocenters. The van der Waals surface area contributed by atoms with Crippen molar-refractivity contribution < 1.29 is 50.1 Å². The Kier molecular flexibility index (Phi) is 18.6. The van der Waals surface area contributed by atoms with Crippen molar-refractivity contribution in [3.63, 3.8) is 0 Å². The zero-order valence-corrected chi connectivity index (χ0v) is 36.5. The number of rotatable bonds is 25. The summed E-state index contributed by atoms with van der Waals surface area (Å²) in [5.41, 5.74) is -1.43. The van der Waals surface area contributed by atoms with E-state index in [0.717, 1.165) is 82.4 Å². The van der Waals surface area contributed by atoms with E-state index in [2.05, 4.69) is 55.7 Å². The first-order valence-electron chi connectivity index (χ1n) is 20.9. The standard InChI is InChI=1S/C42H68F6N2O5S2/c1-7-19-40(41(43,44)45,42(46,47)48)54-24-10-23-52-37-17-16-36-35-14-12-31-26-32(13-15-33(31)34(35)18-20-39(36,37)4)53-29-38(2,3)57-56-25-9-22-50(5)21-8-11-30(27-51-6)28-55-49/h13,15,26,30,34-37H,7-12,14,16-25,27-29,49H2,1-6H3. The number of ether oxygens (including phenoxy) is 4. The second-order valence-corrected chi connectivity index (χ2v) is 20.6. The van der Waals surface area contributed by atoms with Crippen molar-refractivity contribution in [1.29, 1.82) is 0 Å². The number of aryl methyl sites for hydroxylation is 1. The number of nitrogens with zero attached hydrogens (tertiary/aromatic N) is 1. The van der Waals surface area contributed by atoms with Gasteiger partial charge in [-0.3, -0.25) is 0 Å². The number of hydrogen-bond acceptors (Lipinski definition) is 9. The third kappa shape index (κ3) is 12.8. The lowest BCUT2D eigenvalue weighted by Crippen LogP contribution is -2.58. The maximum Gasteiger partial charge on any atom is 0.426 e. The first-order chi connectivity index (χ1) is 26.9. The number of halogens is 6. The molecule has 2 saturated carbocycles. The fourth-order valence-corrected chi connectivity index (χ4v) is 12.1. The summed E-state index contributed by atoms with van der Waals surface area (Å²) in [5, 5.41) is 0. The topological polar surface area (TPSA) is 75.4 Å². The van der Waals surface area contributed by atoms with Crippen LogP contribution in [0, 0.1) is 23.2 Å². The van der Waals surface area contributed by atoms with Crippen LogP contribution in [0.3, 0.4) is 0 Å². The predicted molar refractivity (Wildman–Crippen MR) is 218 cm³/mol. The van der Waals surface area contributed by atoms with E-state index >= 15 is 0 Å². The predicted octanol–water partition coefficient (Wildman–Crippen LogP) is 10.8. The van der Waals surface area contributed by atoms with Crippen LogP contribution in [0.1, 0.15) is 115 Å². The van der Waals surface area contributed by atoms with Gasteiger partial charge >= 0.3 is 12.4 Å². The average molecular weight is 859 g/mol. The van der Waals surface area contributed by atoms with Gasteiger partial charge in [0, 0.05) is 25.4 Å². The highest BCUT2D eigenvalue weighted by Crippen LogP contribution is 2.61. The van der Waals surface area contributed by atoms with Crippen LogP contribution in [-0.4, -0.2) is 99.7 Å². The van der Waals surface area contributed by atoms with Gasteiger partial charge in [0.1, 0.15) is 12.4 Å². The normalized spacial score (nSPS) is 24.7. The Labute approximate surface area is 345 Å². The number of fused-ring (bicyclic) bond motifs is 5. The van der Waals surface area contributed by atoms with Crippen LogP contribution in [-0.2, 0) is 25.5 Å². The Balaban J connectivity index is 1.19. The monoisotopic (exact) mass is 858 g/mol. The summed E-state index contributed by atoms with van der Waals surface area (Å²) in [7, 11) is 7.67. The molecular formula is C42H68F6N2O5S2. The first kappa shape index (κ1) is 48.7. The minimum absolute atomic E-state index is 0.0316. The van der Waals surface area contributed by atoms with E-state index in [4.69, 9.17) is 24.9 Å². The van der Waals surface area contributed by atoms with Gasteiger partial charge in [0.15, 0.2) is 0 Å². The van der Waals surface area contributed by atoms with Gasteiger partial charge in [-0.2, -0.15) is 26.3 Å². The highest BCUT2D eigenvalue weighted by atomic mass is 33.1. The van der Waals surface area contributed by atoms with Crippen molar-refractivity contribution >= 4 is 21.6 Å². The van der Waals surface area contributed by atoms with E-state index in [0.29, 0.717) is 43.5 Å². The SMILES string of the molecule is CCCC(OCCCOC1CCC2C3CCc4cc(OCC(C)(C)SSCCCN(C)CCCC(COC)CON)ccc4C3CCC12C)(C(F)(F)F)C(F)(F)F. The highest BCUT2D eigenvalue weighted by Gasteiger charge is 2.71. The van der Waals surface area contributed by atoms with Crippen LogP contribution in [0.5, 0.6) is 5.75 Å². The van der Waals surface area contributed by atoms with E-state index < -0.39 is 31.0 Å². The summed E-state index contributed by atoms with van der Waals surface area (Å²) < 4.78 is 104. The van der Waals surface area contributed by atoms with Crippen molar-refractivity contribution in [1.82, 2.24) is 4.90 Å². The molecule has 6 unspecified atom stereocenters. The van der Waals surface area contributed by atoms with Crippen LogP contribution in [0.4, 0.5) is 26.3 Å². The van der Waals surface area contributed by atoms with Gasteiger partial charge in [0.25, 0.3) is 5.60 Å². The second kappa shape index (κ2) is 21.7. The third-order valence-electron chi connectivity index (χ3n) is 12.6. The van der Waals surface area contributed by atoms with Crippen molar-refractivity contribution in [2.75, 3.05) is 66.0 Å². The van der Waals surface area contributed by atoms with Gasteiger partial charge in [0.05, 0.1) is 30.7 Å². The van der Waals surface area contributed by atoms with Gasteiger partial charge in [0.2, 0.25) is 0 Å². The third-order valence-corrected chi connectivity index (χ3v) is 16.0. The lowest BCUT2D eigenvalue weighted by Gasteiger charge is -2.50. The van der Waals surface area contributed by atoms with Gasteiger partial charge in [-0.1, -0.05) is 47.9 Å². The molecule has 0 aromatic heterocycles. The summed E-state index contributed by atoms with van der Waals surface area (Å²) in [6, 6.07) is 6.62. The molecule has 2 fully saturated rings. The van der Waals surface area contributed by atoms with Crippen LogP contribution in [0.15, 0.2) is 18.2 Å². The Morgan fingerprint density at radius 3 is 2.39 bits per heavy atom. The van der Waals surface area contributed by atoms with Crippen molar-refractivity contribution in [3.8, 4) is 5.75 Å². The highest BCUT2D eigenvalue weighted by molar-refractivity contribution is 8.77. The van der Waals surface area contributed by atoms with Crippen LogP contribution >= 0.6 is 21.6 Å². The van der Waals surface area contributed by atoms with Crippen LogP contribution in [0.2, 0.25) is 0 Å². The van der Waals surface area contributed by atoms with Crippen molar-refractivity contribution in [2.24, 2.45) is 29.1 Å². The fourth-order valence-electron chi connectivity index (χ4n) is 9.66. The molecule has 3 aliphatic rings. The molecule has 1 aromatic rings. The minimum Gasteiger partial charge on any atom is -0.492 e. The summed E-state index contributed by atoms with van der Waals surface area (Å²) >= 11 is 0. The summed E-state index contributed by atoms with van der Waals surface area (Å²) in [4.78, 5) is 7.20. The van der Waals surface area contributed by atoms with Gasteiger partial charge in [-0.15, -0.1) is 0 Å². The summed E-state index contributed by atoms with van der Waals surface area (Å²) in [6.07, 6.45) is -3.50. The molecule has 15 heteroatoms. The molecule has 3 aliphatic carbocycles. The Morgan fingerprint density at radius 1 is 0.965 bits per heavy atom. The van der Waals surface area contributed by atoms with Crippen LogP contribution in [0.25, 0.3) is 0 Å². The molecule has 7 nitrogen and oxygen atoms in total. The molecule has 57 heavy (non-hydrogen) atoms. The van der Waals surface area contributed by atoms with Gasteiger partial charge in [-0.05, 0) is 151 Å². The minimum atomic E-state index is -5.55. The van der Waals surface area contributed by atoms with E-state index in [1.807, 2.05) is 21.6 Å². The number of methoxy groups -OCH3 is 1. The number of alkyl halides is 6. The van der Waals surface area contributed by atoms with E-state index in [1.165, 1.54) is 18.1 Å². The molecular weight excluding hydrogens is 791 g/mol. The average Bonchev–Trinajstić information content (AvgIpc) is 3.48. The largest absolute Gasteiger partial charge is 0.492 e. The zero-order valence-electron chi connectivity index (χ0n) is 34.9. The molecule has 0 amide bonds. The quantitative estimate of drug-likeness (QED) is 0.0448. The molecule has 4 rings (SSSR count). The molecule has 0 bridgehead atoms. The summed E-state index contributed by atoms with van der Waals surface area (Å²) in [5.74, 6) is 9.01. The lowest BCUT2D eigenvalue weighted by molar-refractivity contribution is -0.383. The Hall–Kier alpha value is -0.940. The van der Waals surface area contributed by atoms with Gasteiger partial charge < -0.3 is 28.7 Å². The molecule has 0 spiro atoms. The molecule has 330 valence electrons. The molecule has 0 saturated heterocycles. The molecule has 2 N–H and O–H groups in total. The number of benzene rings is 1. The first-order valence-corrected chi connectivity index (χ1v) is 23.2. The second-order valence-electron chi connectivity index (χ2n) is 17.4. The maximum atomic E-state index is 13.6. The Morgan fingerprint density at radius 2 is 1.70 bits per heavy atom. The van der Waals surface area contributed by atoms with Gasteiger partial charge in [-0.25, -0.2) is 5.90 Å². The number of hydrogen-bond donors (Lipinski definition) is 1. The lowest BCUT2D eigenvalue weighted by atomic mass is 9.55. The molecule has 1 aromatic carbocycles. The van der Waals surface area contributed by atoms with Crippen molar-refractivity contribution in [2.45, 2.75) is 139 Å². The van der Waals surface area contributed by atoms with E-state index in [1.54, 1.807) is 7.11 Å². The smallest absolute Gasteiger partial charge is 0.426 e. The summed E-state index contributed by atoms with van der Waals surface area (Å²) in [6.45, 7) is 11.3. The van der Waals surface area contributed by atoms with Crippen LogP contribution < -0.4 is 10.6 Å².